The van der Waals surface area contributed by atoms with Crippen molar-refractivity contribution < 1.29 is 4.74 Å². The largest absolute Gasteiger partial charge is 0.496 e. The van der Waals surface area contributed by atoms with Gasteiger partial charge in [-0.15, -0.1) is 0 Å². The normalized spacial score (nSPS) is 17.5. The summed E-state index contributed by atoms with van der Waals surface area (Å²) in [6, 6.07) is 6.29. The van der Waals surface area contributed by atoms with Gasteiger partial charge in [0.1, 0.15) is 5.75 Å². The Morgan fingerprint density at radius 3 is 2.73 bits per heavy atom. The van der Waals surface area contributed by atoms with E-state index in [9.17, 15) is 0 Å². The van der Waals surface area contributed by atoms with E-state index in [1.54, 1.807) is 7.11 Å². The van der Waals surface area contributed by atoms with Gasteiger partial charge in [0.15, 0.2) is 0 Å². The lowest BCUT2D eigenvalue weighted by Gasteiger charge is -2.37. The van der Waals surface area contributed by atoms with Crippen LogP contribution in [0.2, 0.25) is 0 Å². The summed E-state index contributed by atoms with van der Waals surface area (Å²) in [5.74, 6) is 1.77. The Balaban J connectivity index is 2.00. The Labute approximate surface area is 99.4 Å². The van der Waals surface area contributed by atoms with Crippen LogP contribution in [0.1, 0.15) is 12.5 Å². The number of methoxy groups -OCH3 is 1. The summed E-state index contributed by atoms with van der Waals surface area (Å²) in [6.07, 6.45) is 0. The average Bonchev–Trinajstić information content (AvgIpc) is 2.16. The molecule has 1 heterocycles. The Morgan fingerprint density at radius 2 is 2.20 bits per heavy atom. The van der Waals surface area contributed by atoms with Crippen LogP contribution in [0.5, 0.6) is 5.75 Å². The smallest absolute Gasteiger partial charge is 0.133 e. The van der Waals surface area contributed by atoms with Gasteiger partial charge >= 0.3 is 0 Å². The first-order chi connectivity index (χ1) is 7.19. The Morgan fingerprint density at radius 1 is 1.47 bits per heavy atom. The molecule has 0 radical (unpaired) electrons. The number of likely N-dealkylation sites (tertiary alicyclic amines) is 1. The van der Waals surface area contributed by atoms with Gasteiger partial charge in [-0.25, -0.2) is 0 Å². The Bertz CT molecular complexity index is 347. The van der Waals surface area contributed by atoms with E-state index in [0.717, 1.165) is 22.7 Å². The number of ether oxygens (including phenoxy) is 1. The van der Waals surface area contributed by atoms with E-state index in [1.165, 1.54) is 18.7 Å². The molecule has 82 valence electrons. The summed E-state index contributed by atoms with van der Waals surface area (Å²) in [6.45, 7) is 5.79. The molecule has 0 aliphatic carbocycles. The molecule has 1 aliphatic heterocycles. The van der Waals surface area contributed by atoms with Crippen LogP contribution in [0.25, 0.3) is 0 Å². The van der Waals surface area contributed by atoms with Gasteiger partial charge in [0, 0.05) is 19.6 Å². The summed E-state index contributed by atoms with van der Waals surface area (Å²) < 4.78 is 6.24. The summed E-state index contributed by atoms with van der Waals surface area (Å²) in [5, 5.41) is 0. The van der Waals surface area contributed by atoms with E-state index in [1.807, 2.05) is 6.07 Å². The standard InChI is InChI=1S/C12H16BrNO/c1-9-6-14(7-9)8-10-3-4-12(15-2)11(13)5-10/h3-5,9H,6-8H2,1-2H3. The van der Waals surface area contributed by atoms with Gasteiger partial charge in [0.2, 0.25) is 0 Å². The number of rotatable bonds is 3. The third-order valence-electron chi connectivity index (χ3n) is 2.76. The second kappa shape index (κ2) is 4.54. The van der Waals surface area contributed by atoms with E-state index in [2.05, 4.69) is 39.9 Å². The monoisotopic (exact) mass is 269 g/mol. The van der Waals surface area contributed by atoms with Crippen LogP contribution >= 0.6 is 15.9 Å². The molecular formula is C12H16BrNO. The lowest BCUT2D eigenvalue weighted by atomic mass is 10.0. The van der Waals surface area contributed by atoms with Crippen molar-refractivity contribution in [3.8, 4) is 5.75 Å². The first-order valence-electron chi connectivity index (χ1n) is 5.24. The maximum Gasteiger partial charge on any atom is 0.133 e. The highest BCUT2D eigenvalue weighted by molar-refractivity contribution is 9.10. The second-order valence-corrected chi connectivity index (χ2v) is 5.12. The molecule has 0 spiro atoms. The van der Waals surface area contributed by atoms with Crippen LogP contribution in [0.3, 0.4) is 0 Å². The molecule has 1 aromatic carbocycles. The van der Waals surface area contributed by atoms with Gasteiger partial charge in [0.05, 0.1) is 11.6 Å². The van der Waals surface area contributed by atoms with Crippen LogP contribution in [-0.4, -0.2) is 25.1 Å². The molecule has 15 heavy (non-hydrogen) atoms. The third kappa shape index (κ3) is 2.52. The van der Waals surface area contributed by atoms with Gasteiger partial charge in [0.25, 0.3) is 0 Å². The molecule has 0 atom stereocenters. The molecular weight excluding hydrogens is 254 g/mol. The lowest BCUT2D eigenvalue weighted by molar-refractivity contribution is 0.105. The van der Waals surface area contributed by atoms with Gasteiger partial charge in [-0.2, -0.15) is 0 Å². The highest BCUT2D eigenvalue weighted by Gasteiger charge is 2.22. The predicted molar refractivity (Wildman–Crippen MR) is 65.1 cm³/mol. The summed E-state index contributed by atoms with van der Waals surface area (Å²) in [4.78, 5) is 2.46. The van der Waals surface area contributed by atoms with Crippen LogP contribution in [0, 0.1) is 5.92 Å². The SMILES string of the molecule is COc1ccc(CN2CC(C)C2)cc1Br. The van der Waals surface area contributed by atoms with E-state index in [-0.39, 0.29) is 0 Å². The highest BCUT2D eigenvalue weighted by Crippen LogP contribution is 2.27. The minimum atomic E-state index is 0.867. The number of hydrogen-bond acceptors (Lipinski definition) is 2. The number of halogens is 1. The fourth-order valence-electron chi connectivity index (χ4n) is 2.02. The first-order valence-corrected chi connectivity index (χ1v) is 6.03. The van der Waals surface area contributed by atoms with E-state index in [0.29, 0.717) is 0 Å². The molecule has 1 saturated heterocycles. The highest BCUT2D eigenvalue weighted by atomic mass is 79.9. The van der Waals surface area contributed by atoms with Gasteiger partial charge in [-0.1, -0.05) is 13.0 Å². The van der Waals surface area contributed by atoms with Crippen LogP contribution in [-0.2, 0) is 6.54 Å². The molecule has 3 heteroatoms. The van der Waals surface area contributed by atoms with E-state index in [4.69, 9.17) is 4.74 Å². The Kier molecular flexibility index (Phi) is 3.32. The minimum Gasteiger partial charge on any atom is -0.496 e. The quantitative estimate of drug-likeness (QED) is 0.837. The van der Waals surface area contributed by atoms with Crippen LogP contribution < -0.4 is 4.74 Å². The first kappa shape index (κ1) is 11.0. The number of hydrogen-bond donors (Lipinski definition) is 0. The molecule has 1 fully saturated rings. The van der Waals surface area contributed by atoms with Crippen molar-refractivity contribution in [3.63, 3.8) is 0 Å². The molecule has 0 N–H and O–H groups in total. The molecule has 0 amide bonds. The van der Waals surface area contributed by atoms with Gasteiger partial charge in [-0.3, -0.25) is 4.90 Å². The van der Waals surface area contributed by atoms with Crippen molar-refractivity contribution in [1.82, 2.24) is 4.90 Å². The van der Waals surface area contributed by atoms with Crippen LogP contribution in [0.15, 0.2) is 22.7 Å². The Hall–Kier alpha value is -0.540. The predicted octanol–water partition coefficient (Wildman–Crippen LogP) is 2.91. The average molecular weight is 270 g/mol. The van der Waals surface area contributed by atoms with E-state index < -0.39 is 0 Å². The molecule has 1 aromatic rings. The molecule has 2 nitrogen and oxygen atoms in total. The van der Waals surface area contributed by atoms with Gasteiger partial charge in [-0.05, 0) is 39.5 Å². The minimum absolute atomic E-state index is 0.867. The summed E-state index contributed by atoms with van der Waals surface area (Å²) in [5.41, 5.74) is 1.34. The maximum absolute atomic E-state index is 5.20. The van der Waals surface area contributed by atoms with Gasteiger partial charge < -0.3 is 4.74 Å². The fourth-order valence-corrected chi connectivity index (χ4v) is 2.61. The van der Waals surface area contributed by atoms with Crippen molar-refractivity contribution in [2.45, 2.75) is 13.5 Å². The summed E-state index contributed by atoms with van der Waals surface area (Å²) >= 11 is 3.51. The second-order valence-electron chi connectivity index (χ2n) is 4.27. The molecule has 0 aromatic heterocycles. The molecule has 1 aliphatic rings. The van der Waals surface area contributed by atoms with Crippen molar-refractivity contribution >= 4 is 15.9 Å². The molecule has 0 saturated carbocycles. The topological polar surface area (TPSA) is 12.5 Å². The maximum atomic E-state index is 5.20. The lowest BCUT2D eigenvalue weighted by Crippen LogP contribution is -2.44. The zero-order valence-corrected chi connectivity index (χ0v) is 10.8. The van der Waals surface area contributed by atoms with Crippen LogP contribution in [0.4, 0.5) is 0 Å². The zero-order chi connectivity index (χ0) is 10.8. The molecule has 0 bridgehead atoms. The fraction of sp³-hybridized carbons (Fsp3) is 0.500. The zero-order valence-electron chi connectivity index (χ0n) is 9.16. The van der Waals surface area contributed by atoms with Crippen molar-refractivity contribution in [2.75, 3.05) is 20.2 Å². The summed E-state index contributed by atoms with van der Waals surface area (Å²) in [7, 11) is 1.69. The molecule has 2 rings (SSSR count). The van der Waals surface area contributed by atoms with E-state index >= 15 is 0 Å². The molecule has 0 unspecified atom stereocenters. The van der Waals surface area contributed by atoms with Crippen molar-refractivity contribution in [2.24, 2.45) is 5.92 Å². The number of nitrogens with zero attached hydrogens (tertiary/aromatic N) is 1. The van der Waals surface area contributed by atoms with Crippen molar-refractivity contribution in [3.05, 3.63) is 28.2 Å². The van der Waals surface area contributed by atoms with Crippen molar-refractivity contribution in [1.29, 1.82) is 0 Å². The third-order valence-corrected chi connectivity index (χ3v) is 3.38. The number of benzene rings is 1.